The Morgan fingerprint density at radius 1 is 1.07 bits per heavy atom. The molecule has 0 atom stereocenters. The Morgan fingerprint density at radius 2 is 1.75 bits per heavy atom. The molecule has 1 heterocycles. The van der Waals surface area contributed by atoms with Crippen LogP contribution in [-0.4, -0.2) is 27.6 Å². The standard InChI is InChI=1S/C23H26ClN3O/c1-17(2)13-22(28)26(3)14-20-16-27(15-19-11-7-8-12-21(19)24)25-23(20)18-9-5-4-6-10-18/h4-12,16-17H,13-15H2,1-3H3. The topological polar surface area (TPSA) is 38.1 Å². The molecule has 0 fully saturated rings. The van der Waals surface area contributed by atoms with E-state index in [1.807, 2.05) is 72.5 Å². The Kier molecular flexibility index (Phi) is 6.53. The van der Waals surface area contributed by atoms with Crippen LogP contribution in [0.2, 0.25) is 5.02 Å². The second-order valence-corrected chi connectivity index (χ2v) is 7.91. The van der Waals surface area contributed by atoms with E-state index in [4.69, 9.17) is 16.7 Å². The molecule has 4 nitrogen and oxygen atoms in total. The van der Waals surface area contributed by atoms with Crippen LogP contribution in [0.15, 0.2) is 60.8 Å². The lowest BCUT2D eigenvalue weighted by molar-refractivity contribution is -0.131. The van der Waals surface area contributed by atoms with Gasteiger partial charge in [0.05, 0.1) is 12.2 Å². The third-order valence-electron chi connectivity index (χ3n) is 4.59. The van der Waals surface area contributed by atoms with Crippen molar-refractivity contribution in [2.45, 2.75) is 33.4 Å². The molecular formula is C23H26ClN3O. The highest BCUT2D eigenvalue weighted by Gasteiger charge is 2.17. The zero-order valence-electron chi connectivity index (χ0n) is 16.6. The lowest BCUT2D eigenvalue weighted by Crippen LogP contribution is -2.27. The lowest BCUT2D eigenvalue weighted by atomic mass is 10.1. The minimum Gasteiger partial charge on any atom is -0.341 e. The van der Waals surface area contributed by atoms with E-state index >= 15 is 0 Å². The predicted molar refractivity (Wildman–Crippen MR) is 114 cm³/mol. The van der Waals surface area contributed by atoms with E-state index in [2.05, 4.69) is 13.8 Å². The first-order chi connectivity index (χ1) is 13.4. The summed E-state index contributed by atoms with van der Waals surface area (Å²) in [7, 11) is 1.85. The fourth-order valence-electron chi connectivity index (χ4n) is 3.15. The highest BCUT2D eigenvalue weighted by Crippen LogP contribution is 2.25. The van der Waals surface area contributed by atoms with Crippen molar-refractivity contribution in [3.8, 4) is 11.3 Å². The summed E-state index contributed by atoms with van der Waals surface area (Å²) < 4.78 is 1.90. The maximum Gasteiger partial charge on any atom is 0.222 e. The first-order valence-corrected chi connectivity index (χ1v) is 9.91. The summed E-state index contributed by atoms with van der Waals surface area (Å²) in [6, 6.07) is 17.9. The third-order valence-corrected chi connectivity index (χ3v) is 4.96. The molecule has 28 heavy (non-hydrogen) atoms. The maximum atomic E-state index is 12.4. The Balaban J connectivity index is 1.90. The fourth-order valence-corrected chi connectivity index (χ4v) is 3.34. The van der Waals surface area contributed by atoms with E-state index in [0.29, 0.717) is 25.4 Å². The number of rotatable bonds is 7. The van der Waals surface area contributed by atoms with Crippen molar-refractivity contribution in [1.29, 1.82) is 0 Å². The lowest BCUT2D eigenvalue weighted by Gasteiger charge is -2.18. The third kappa shape index (κ3) is 5.02. The molecule has 0 bridgehead atoms. The van der Waals surface area contributed by atoms with Gasteiger partial charge in [-0.3, -0.25) is 9.48 Å². The van der Waals surface area contributed by atoms with E-state index in [0.717, 1.165) is 27.4 Å². The predicted octanol–water partition coefficient (Wildman–Crippen LogP) is 5.26. The number of benzene rings is 2. The molecule has 3 aromatic rings. The molecule has 0 N–H and O–H groups in total. The average Bonchev–Trinajstić information content (AvgIpc) is 3.06. The molecule has 2 aromatic carbocycles. The number of hydrogen-bond donors (Lipinski definition) is 0. The Morgan fingerprint density at radius 3 is 2.43 bits per heavy atom. The van der Waals surface area contributed by atoms with E-state index in [9.17, 15) is 4.79 Å². The Bertz CT molecular complexity index is 934. The number of hydrogen-bond acceptors (Lipinski definition) is 2. The van der Waals surface area contributed by atoms with Gasteiger partial charge in [-0.05, 0) is 17.5 Å². The van der Waals surface area contributed by atoms with Gasteiger partial charge in [0.1, 0.15) is 0 Å². The van der Waals surface area contributed by atoms with Gasteiger partial charge in [0, 0.05) is 42.4 Å². The van der Waals surface area contributed by atoms with Gasteiger partial charge in [-0.15, -0.1) is 0 Å². The van der Waals surface area contributed by atoms with Gasteiger partial charge in [-0.2, -0.15) is 5.10 Å². The first kappa shape index (κ1) is 20.2. The summed E-state index contributed by atoms with van der Waals surface area (Å²) in [5.41, 5.74) is 3.98. The SMILES string of the molecule is CC(C)CC(=O)N(C)Cc1cn(Cc2ccccc2Cl)nc1-c1ccccc1. The van der Waals surface area contributed by atoms with E-state index in [-0.39, 0.29) is 5.91 Å². The number of halogens is 1. The Labute approximate surface area is 171 Å². The van der Waals surface area contributed by atoms with E-state index < -0.39 is 0 Å². The van der Waals surface area contributed by atoms with Crippen molar-refractivity contribution in [2.24, 2.45) is 5.92 Å². The molecule has 0 saturated carbocycles. The van der Waals surface area contributed by atoms with Gasteiger partial charge >= 0.3 is 0 Å². The summed E-state index contributed by atoms with van der Waals surface area (Å²) in [4.78, 5) is 14.2. The number of carbonyl (C=O) groups is 1. The maximum absolute atomic E-state index is 12.4. The van der Waals surface area contributed by atoms with Crippen LogP contribution in [0, 0.1) is 5.92 Å². The molecule has 1 amide bonds. The van der Waals surface area contributed by atoms with E-state index in [1.165, 1.54) is 0 Å². The molecule has 0 aliphatic rings. The van der Waals surface area contributed by atoms with Crippen molar-refractivity contribution in [3.63, 3.8) is 0 Å². The molecule has 1 aromatic heterocycles. The van der Waals surface area contributed by atoms with Crippen molar-refractivity contribution >= 4 is 17.5 Å². The molecule has 0 aliphatic heterocycles. The van der Waals surface area contributed by atoms with Crippen molar-refractivity contribution in [1.82, 2.24) is 14.7 Å². The molecule has 0 spiro atoms. The summed E-state index contributed by atoms with van der Waals surface area (Å²) in [5, 5.41) is 5.54. The number of aromatic nitrogens is 2. The molecule has 0 unspecified atom stereocenters. The minimum atomic E-state index is 0.146. The van der Waals surface area contributed by atoms with Crippen LogP contribution in [0.3, 0.4) is 0 Å². The van der Waals surface area contributed by atoms with Gasteiger partial charge in [0.25, 0.3) is 0 Å². The molecule has 0 radical (unpaired) electrons. The van der Waals surface area contributed by atoms with Crippen LogP contribution in [-0.2, 0) is 17.9 Å². The summed E-state index contributed by atoms with van der Waals surface area (Å²) >= 11 is 6.32. The summed E-state index contributed by atoms with van der Waals surface area (Å²) in [6.45, 7) is 5.23. The molecule has 146 valence electrons. The normalized spacial score (nSPS) is 11.0. The zero-order chi connectivity index (χ0) is 20.1. The van der Waals surface area contributed by atoms with Gasteiger partial charge in [-0.1, -0.05) is 74.0 Å². The van der Waals surface area contributed by atoms with Gasteiger partial charge < -0.3 is 4.90 Å². The quantitative estimate of drug-likeness (QED) is 0.547. The Hall–Kier alpha value is -2.59. The second kappa shape index (κ2) is 9.07. The number of carbonyl (C=O) groups excluding carboxylic acids is 1. The monoisotopic (exact) mass is 395 g/mol. The van der Waals surface area contributed by atoms with E-state index in [1.54, 1.807) is 4.90 Å². The highest BCUT2D eigenvalue weighted by atomic mass is 35.5. The van der Waals surface area contributed by atoms with Crippen LogP contribution in [0.4, 0.5) is 0 Å². The van der Waals surface area contributed by atoms with Crippen LogP contribution < -0.4 is 0 Å². The van der Waals surface area contributed by atoms with Crippen LogP contribution in [0.1, 0.15) is 31.4 Å². The van der Waals surface area contributed by atoms with Crippen molar-refractivity contribution < 1.29 is 4.79 Å². The van der Waals surface area contributed by atoms with Crippen LogP contribution in [0.25, 0.3) is 11.3 Å². The molecule has 5 heteroatoms. The zero-order valence-corrected chi connectivity index (χ0v) is 17.4. The average molecular weight is 396 g/mol. The van der Waals surface area contributed by atoms with Crippen molar-refractivity contribution in [2.75, 3.05) is 7.05 Å². The second-order valence-electron chi connectivity index (χ2n) is 7.51. The largest absolute Gasteiger partial charge is 0.341 e. The van der Waals surface area contributed by atoms with Crippen LogP contribution >= 0.6 is 11.6 Å². The number of amides is 1. The molecule has 3 rings (SSSR count). The number of nitrogens with zero attached hydrogens (tertiary/aromatic N) is 3. The molecule has 0 aliphatic carbocycles. The van der Waals surface area contributed by atoms with Gasteiger partial charge in [0.2, 0.25) is 5.91 Å². The minimum absolute atomic E-state index is 0.146. The summed E-state index contributed by atoms with van der Waals surface area (Å²) in [5.74, 6) is 0.486. The molecule has 0 saturated heterocycles. The fraction of sp³-hybridized carbons (Fsp3) is 0.304. The van der Waals surface area contributed by atoms with Gasteiger partial charge in [0.15, 0.2) is 0 Å². The smallest absolute Gasteiger partial charge is 0.222 e. The highest BCUT2D eigenvalue weighted by molar-refractivity contribution is 6.31. The first-order valence-electron chi connectivity index (χ1n) is 9.53. The van der Waals surface area contributed by atoms with Crippen LogP contribution in [0.5, 0.6) is 0 Å². The molecular weight excluding hydrogens is 370 g/mol. The van der Waals surface area contributed by atoms with Gasteiger partial charge in [-0.25, -0.2) is 0 Å². The van der Waals surface area contributed by atoms with Crippen molar-refractivity contribution in [3.05, 3.63) is 76.9 Å². The summed E-state index contributed by atoms with van der Waals surface area (Å²) in [6.07, 6.45) is 2.57.